The lowest BCUT2D eigenvalue weighted by molar-refractivity contribution is 0.0950. The maximum Gasteiger partial charge on any atom is 0.253 e. The van der Waals surface area contributed by atoms with Crippen molar-refractivity contribution >= 4 is 21.8 Å². The number of carbonyl (C=O) groups is 1. The standard InChI is InChI=1S/C18H14BrN3O/c19-16-6-3-14(4-7-16)17-8-5-15(12-21-17)18(23)22-11-13-2-1-9-20-10-13/h1-10,12H,11H2,(H,22,23). The van der Waals surface area contributed by atoms with Gasteiger partial charge in [-0.2, -0.15) is 0 Å². The Morgan fingerprint density at radius 3 is 2.52 bits per heavy atom. The first-order chi connectivity index (χ1) is 11.2. The highest BCUT2D eigenvalue weighted by atomic mass is 79.9. The number of hydrogen-bond donors (Lipinski definition) is 1. The second-order valence-electron chi connectivity index (χ2n) is 4.98. The molecule has 3 aromatic rings. The number of benzene rings is 1. The summed E-state index contributed by atoms with van der Waals surface area (Å²) in [6.45, 7) is 0.446. The molecule has 0 unspecified atom stereocenters. The number of hydrogen-bond acceptors (Lipinski definition) is 3. The number of nitrogens with one attached hydrogen (secondary N) is 1. The molecular formula is C18H14BrN3O. The van der Waals surface area contributed by atoms with Gasteiger partial charge in [0.25, 0.3) is 5.91 Å². The molecule has 0 radical (unpaired) electrons. The third-order valence-electron chi connectivity index (χ3n) is 3.34. The van der Waals surface area contributed by atoms with Crippen molar-refractivity contribution < 1.29 is 4.79 Å². The largest absolute Gasteiger partial charge is 0.348 e. The third kappa shape index (κ3) is 4.02. The van der Waals surface area contributed by atoms with E-state index < -0.39 is 0 Å². The molecular weight excluding hydrogens is 354 g/mol. The van der Waals surface area contributed by atoms with Crippen molar-refractivity contribution in [2.45, 2.75) is 6.54 Å². The first-order valence-electron chi connectivity index (χ1n) is 7.11. The lowest BCUT2D eigenvalue weighted by Gasteiger charge is -2.06. The van der Waals surface area contributed by atoms with Crippen LogP contribution in [0.4, 0.5) is 0 Å². The molecule has 5 heteroatoms. The van der Waals surface area contributed by atoms with Crippen molar-refractivity contribution in [3.63, 3.8) is 0 Å². The van der Waals surface area contributed by atoms with E-state index in [-0.39, 0.29) is 5.91 Å². The van der Waals surface area contributed by atoms with Crippen molar-refractivity contribution in [1.29, 1.82) is 0 Å². The molecule has 1 aromatic carbocycles. The Kier molecular flexibility index (Phi) is 4.78. The quantitative estimate of drug-likeness (QED) is 0.762. The molecule has 0 saturated heterocycles. The molecule has 0 saturated carbocycles. The fourth-order valence-electron chi connectivity index (χ4n) is 2.11. The number of rotatable bonds is 4. The zero-order valence-electron chi connectivity index (χ0n) is 12.2. The minimum absolute atomic E-state index is 0.149. The second kappa shape index (κ2) is 7.15. The van der Waals surface area contributed by atoms with Crippen LogP contribution in [0.1, 0.15) is 15.9 Å². The lowest BCUT2D eigenvalue weighted by atomic mass is 10.1. The van der Waals surface area contributed by atoms with Crippen LogP contribution in [-0.2, 0) is 6.54 Å². The van der Waals surface area contributed by atoms with E-state index >= 15 is 0 Å². The summed E-state index contributed by atoms with van der Waals surface area (Å²) in [5, 5.41) is 2.86. The van der Waals surface area contributed by atoms with Crippen molar-refractivity contribution in [3.05, 3.63) is 82.7 Å². The molecule has 3 rings (SSSR count). The molecule has 1 N–H and O–H groups in total. The van der Waals surface area contributed by atoms with Crippen molar-refractivity contribution in [3.8, 4) is 11.3 Å². The third-order valence-corrected chi connectivity index (χ3v) is 3.87. The maximum absolute atomic E-state index is 12.1. The van der Waals surface area contributed by atoms with Gasteiger partial charge >= 0.3 is 0 Å². The van der Waals surface area contributed by atoms with Crippen molar-refractivity contribution in [2.24, 2.45) is 0 Å². The Morgan fingerprint density at radius 2 is 1.87 bits per heavy atom. The summed E-state index contributed by atoms with van der Waals surface area (Å²) in [6.07, 6.45) is 5.03. The minimum atomic E-state index is -0.149. The van der Waals surface area contributed by atoms with Crippen LogP contribution in [0.3, 0.4) is 0 Å². The highest BCUT2D eigenvalue weighted by Crippen LogP contribution is 2.19. The lowest BCUT2D eigenvalue weighted by Crippen LogP contribution is -2.22. The smallest absolute Gasteiger partial charge is 0.253 e. The van der Waals surface area contributed by atoms with E-state index in [9.17, 15) is 4.79 Å². The Labute approximate surface area is 142 Å². The summed E-state index contributed by atoms with van der Waals surface area (Å²) in [5.41, 5.74) is 3.34. The van der Waals surface area contributed by atoms with Gasteiger partial charge in [0.1, 0.15) is 0 Å². The van der Waals surface area contributed by atoms with E-state index in [1.165, 1.54) is 0 Å². The van der Waals surface area contributed by atoms with Crippen LogP contribution in [0.2, 0.25) is 0 Å². The average Bonchev–Trinajstić information content (AvgIpc) is 2.61. The Bertz CT molecular complexity index is 787. The molecule has 2 heterocycles. The molecule has 23 heavy (non-hydrogen) atoms. The Hall–Kier alpha value is -2.53. The summed E-state index contributed by atoms with van der Waals surface area (Å²) < 4.78 is 1.02. The number of carbonyl (C=O) groups excluding carboxylic acids is 1. The van der Waals surface area contributed by atoms with Gasteiger partial charge in [0.2, 0.25) is 0 Å². The van der Waals surface area contributed by atoms with Crippen LogP contribution in [0.5, 0.6) is 0 Å². The van der Waals surface area contributed by atoms with Gasteiger partial charge < -0.3 is 5.32 Å². The summed E-state index contributed by atoms with van der Waals surface area (Å²) in [6, 6.07) is 15.3. The Morgan fingerprint density at radius 1 is 1.04 bits per heavy atom. The van der Waals surface area contributed by atoms with E-state index in [1.807, 2.05) is 42.5 Å². The van der Waals surface area contributed by atoms with Gasteiger partial charge in [-0.3, -0.25) is 14.8 Å². The molecule has 0 spiro atoms. The molecule has 114 valence electrons. The van der Waals surface area contributed by atoms with Crippen LogP contribution in [0, 0.1) is 0 Å². The molecule has 4 nitrogen and oxygen atoms in total. The summed E-state index contributed by atoms with van der Waals surface area (Å²) in [7, 11) is 0. The summed E-state index contributed by atoms with van der Waals surface area (Å²) in [5.74, 6) is -0.149. The highest BCUT2D eigenvalue weighted by Gasteiger charge is 2.07. The van der Waals surface area contributed by atoms with Crippen LogP contribution in [0.15, 0.2) is 71.6 Å². The zero-order valence-corrected chi connectivity index (χ0v) is 13.8. The van der Waals surface area contributed by atoms with E-state index in [2.05, 4.69) is 31.2 Å². The number of pyridine rings is 2. The van der Waals surface area contributed by atoms with Gasteiger partial charge in [0, 0.05) is 35.2 Å². The summed E-state index contributed by atoms with van der Waals surface area (Å²) in [4.78, 5) is 20.5. The fraction of sp³-hybridized carbons (Fsp3) is 0.0556. The maximum atomic E-state index is 12.1. The second-order valence-corrected chi connectivity index (χ2v) is 5.90. The van der Waals surface area contributed by atoms with Crippen LogP contribution < -0.4 is 5.32 Å². The number of aromatic nitrogens is 2. The highest BCUT2D eigenvalue weighted by molar-refractivity contribution is 9.10. The number of nitrogens with zero attached hydrogens (tertiary/aromatic N) is 2. The molecule has 0 aliphatic heterocycles. The van der Waals surface area contributed by atoms with Gasteiger partial charge in [0.15, 0.2) is 0 Å². The van der Waals surface area contributed by atoms with Crippen LogP contribution in [-0.4, -0.2) is 15.9 Å². The minimum Gasteiger partial charge on any atom is -0.348 e. The molecule has 0 bridgehead atoms. The van der Waals surface area contributed by atoms with Gasteiger partial charge in [-0.25, -0.2) is 0 Å². The monoisotopic (exact) mass is 367 g/mol. The van der Waals surface area contributed by atoms with Crippen LogP contribution in [0.25, 0.3) is 11.3 Å². The van der Waals surface area contributed by atoms with Crippen molar-refractivity contribution in [1.82, 2.24) is 15.3 Å². The van der Waals surface area contributed by atoms with Crippen molar-refractivity contribution in [2.75, 3.05) is 0 Å². The Balaban J connectivity index is 1.67. The first kappa shape index (κ1) is 15.4. The SMILES string of the molecule is O=C(NCc1cccnc1)c1ccc(-c2ccc(Br)cc2)nc1. The zero-order chi connectivity index (χ0) is 16.1. The van der Waals surface area contributed by atoms with E-state index in [1.54, 1.807) is 24.7 Å². The average molecular weight is 368 g/mol. The van der Waals surface area contributed by atoms with Crippen LogP contribution >= 0.6 is 15.9 Å². The summed E-state index contributed by atoms with van der Waals surface area (Å²) >= 11 is 3.41. The molecule has 0 fully saturated rings. The molecule has 0 aliphatic carbocycles. The fourth-order valence-corrected chi connectivity index (χ4v) is 2.37. The predicted octanol–water partition coefficient (Wildman–Crippen LogP) is 3.84. The van der Waals surface area contributed by atoms with E-state index in [0.717, 1.165) is 21.3 Å². The number of halogens is 1. The van der Waals surface area contributed by atoms with Gasteiger partial charge in [-0.05, 0) is 35.9 Å². The van der Waals surface area contributed by atoms with E-state index in [4.69, 9.17) is 0 Å². The molecule has 1 amide bonds. The first-order valence-corrected chi connectivity index (χ1v) is 7.91. The normalized spacial score (nSPS) is 10.3. The molecule has 2 aromatic heterocycles. The van der Waals surface area contributed by atoms with E-state index in [0.29, 0.717) is 12.1 Å². The van der Waals surface area contributed by atoms with Gasteiger partial charge in [0.05, 0.1) is 11.3 Å². The predicted molar refractivity (Wildman–Crippen MR) is 92.8 cm³/mol. The topological polar surface area (TPSA) is 54.9 Å². The van der Waals surface area contributed by atoms with Gasteiger partial charge in [-0.15, -0.1) is 0 Å². The molecule has 0 aliphatic rings. The molecule has 0 atom stereocenters. The number of amides is 1. The van der Waals surface area contributed by atoms with Gasteiger partial charge in [-0.1, -0.05) is 34.1 Å².